The van der Waals surface area contributed by atoms with Crippen molar-refractivity contribution in [3.8, 4) is 0 Å². The van der Waals surface area contributed by atoms with Crippen molar-refractivity contribution >= 4 is 21.6 Å². The molecular formula is C11H14F2N2O4S. The zero-order valence-corrected chi connectivity index (χ0v) is 11.2. The first-order valence-electron chi connectivity index (χ1n) is 5.65. The lowest BCUT2D eigenvalue weighted by Crippen LogP contribution is -2.30. The van der Waals surface area contributed by atoms with Crippen molar-refractivity contribution in [1.29, 1.82) is 0 Å². The molecule has 2 amide bonds. The number of hydrogen-bond acceptors (Lipinski definition) is 4. The number of alkyl halides is 2. The summed E-state index contributed by atoms with van der Waals surface area (Å²) in [5, 5.41) is 13.3. The first-order valence-corrected chi connectivity index (χ1v) is 7.20. The molecule has 0 heterocycles. The molecular weight excluding hydrogens is 294 g/mol. The van der Waals surface area contributed by atoms with Gasteiger partial charge in [0.15, 0.2) is 0 Å². The molecule has 0 unspecified atom stereocenters. The van der Waals surface area contributed by atoms with Gasteiger partial charge < -0.3 is 15.7 Å². The average Bonchev–Trinajstić information content (AvgIpc) is 2.39. The Balaban J connectivity index is 2.77. The minimum absolute atomic E-state index is 0.0771. The van der Waals surface area contributed by atoms with E-state index in [-0.39, 0.29) is 18.8 Å². The Morgan fingerprint density at radius 3 is 2.65 bits per heavy atom. The number of amides is 2. The van der Waals surface area contributed by atoms with Gasteiger partial charge in [-0.1, -0.05) is 6.07 Å². The summed E-state index contributed by atoms with van der Waals surface area (Å²) in [6.07, 6.45) is 0.368. The van der Waals surface area contributed by atoms with Crippen LogP contribution in [0.15, 0.2) is 29.2 Å². The predicted molar refractivity (Wildman–Crippen MR) is 68.4 cm³/mol. The second-order valence-electron chi connectivity index (χ2n) is 3.79. The van der Waals surface area contributed by atoms with E-state index in [0.29, 0.717) is 6.42 Å². The second kappa shape index (κ2) is 7.15. The number of halogens is 2. The fraction of sp³-hybridized carbons (Fsp3) is 0.364. The Morgan fingerprint density at radius 1 is 1.35 bits per heavy atom. The third-order valence-corrected chi connectivity index (χ3v) is 3.66. The number of aliphatic hydroxyl groups is 1. The SMILES string of the molecule is O=C(NCCCO)Nc1cccc(S(=O)(=O)C(F)F)c1. The number of hydrogen-bond donors (Lipinski definition) is 3. The van der Waals surface area contributed by atoms with E-state index in [1.807, 2.05) is 0 Å². The van der Waals surface area contributed by atoms with Crippen molar-refractivity contribution in [3.05, 3.63) is 24.3 Å². The molecule has 0 atom stereocenters. The van der Waals surface area contributed by atoms with Gasteiger partial charge >= 0.3 is 11.8 Å². The van der Waals surface area contributed by atoms with E-state index in [9.17, 15) is 22.0 Å². The van der Waals surface area contributed by atoms with Crippen LogP contribution >= 0.6 is 0 Å². The lowest BCUT2D eigenvalue weighted by molar-refractivity contribution is 0.235. The van der Waals surface area contributed by atoms with E-state index >= 15 is 0 Å². The van der Waals surface area contributed by atoms with Crippen LogP contribution in [0.25, 0.3) is 0 Å². The van der Waals surface area contributed by atoms with Crippen LogP contribution in [0.3, 0.4) is 0 Å². The van der Waals surface area contributed by atoms with Gasteiger partial charge in [0.2, 0.25) is 9.84 Å². The van der Waals surface area contributed by atoms with Gasteiger partial charge in [0.05, 0.1) is 4.90 Å². The molecule has 0 bridgehead atoms. The quantitative estimate of drug-likeness (QED) is 0.688. The van der Waals surface area contributed by atoms with Gasteiger partial charge in [-0.3, -0.25) is 0 Å². The maximum atomic E-state index is 12.4. The normalized spacial score (nSPS) is 11.4. The summed E-state index contributed by atoms with van der Waals surface area (Å²) < 4.78 is 47.3. The van der Waals surface area contributed by atoms with Crippen molar-refractivity contribution in [1.82, 2.24) is 5.32 Å². The molecule has 0 spiro atoms. The monoisotopic (exact) mass is 308 g/mol. The number of benzene rings is 1. The predicted octanol–water partition coefficient (Wildman–Crippen LogP) is 1.19. The van der Waals surface area contributed by atoms with Crippen LogP contribution in [-0.2, 0) is 9.84 Å². The van der Waals surface area contributed by atoms with Gasteiger partial charge in [-0.15, -0.1) is 0 Å². The number of carbonyl (C=O) groups is 1. The molecule has 1 aromatic carbocycles. The standard InChI is InChI=1S/C11H14F2N2O4S/c12-10(13)20(18,19)9-4-1-3-8(7-9)15-11(17)14-5-2-6-16/h1,3-4,7,10,16H,2,5-6H2,(H2,14,15,17). The zero-order valence-electron chi connectivity index (χ0n) is 10.3. The van der Waals surface area contributed by atoms with E-state index in [2.05, 4.69) is 10.6 Å². The first kappa shape index (κ1) is 16.3. The number of carbonyl (C=O) groups excluding carboxylic acids is 1. The van der Waals surface area contributed by atoms with Crippen LogP contribution in [0.4, 0.5) is 19.3 Å². The highest BCUT2D eigenvalue weighted by atomic mass is 32.2. The highest BCUT2D eigenvalue weighted by Gasteiger charge is 2.26. The van der Waals surface area contributed by atoms with Crippen LogP contribution < -0.4 is 10.6 Å². The summed E-state index contributed by atoms with van der Waals surface area (Å²) >= 11 is 0. The fourth-order valence-corrected chi connectivity index (χ4v) is 2.08. The average molecular weight is 308 g/mol. The number of sulfone groups is 1. The molecule has 0 saturated heterocycles. The molecule has 1 aromatic rings. The third-order valence-electron chi connectivity index (χ3n) is 2.28. The minimum Gasteiger partial charge on any atom is -0.396 e. The molecule has 1 rings (SSSR count). The number of anilines is 1. The molecule has 0 fully saturated rings. The van der Waals surface area contributed by atoms with E-state index in [1.165, 1.54) is 12.1 Å². The van der Waals surface area contributed by atoms with E-state index < -0.39 is 26.5 Å². The van der Waals surface area contributed by atoms with Gasteiger partial charge in [0, 0.05) is 18.8 Å². The van der Waals surface area contributed by atoms with Crippen LogP contribution in [0, 0.1) is 0 Å². The number of nitrogens with one attached hydrogen (secondary N) is 2. The molecule has 3 N–H and O–H groups in total. The van der Waals surface area contributed by atoms with Gasteiger partial charge in [-0.05, 0) is 24.6 Å². The summed E-state index contributed by atoms with van der Waals surface area (Å²) in [6, 6.07) is 3.98. The highest BCUT2D eigenvalue weighted by Crippen LogP contribution is 2.21. The van der Waals surface area contributed by atoms with Crippen molar-refractivity contribution in [2.45, 2.75) is 17.1 Å². The van der Waals surface area contributed by atoms with Crippen LogP contribution in [0.5, 0.6) is 0 Å². The molecule has 112 valence electrons. The fourth-order valence-electron chi connectivity index (χ4n) is 1.31. The Morgan fingerprint density at radius 2 is 2.05 bits per heavy atom. The summed E-state index contributed by atoms with van der Waals surface area (Å²) in [5.41, 5.74) is 0.0771. The van der Waals surface area contributed by atoms with E-state index in [4.69, 9.17) is 5.11 Å². The van der Waals surface area contributed by atoms with Crippen molar-refractivity contribution in [3.63, 3.8) is 0 Å². The van der Waals surface area contributed by atoms with E-state index in [1.54, 1.807) is 0 Å². The molecule has 20 heavy (non-hydrogen) atoms. The largest absolute Gasteiger partial charge is 0.396 e. The zero-order chi connectivity index (χ0) is 15.2. The van der Waals surface area contributed by atoms with Crippen LogP contribution in [0.2, 0.25) is 0 Å². The minimum atomic E-state index is -4.69. The smallest absolute Gasteiger partial charge is 0.341 e. The van der Waals surface area contributed by atoms with Crippen LogP contribution in [0.1, 0.15) is 6.42 Å². The molecule has 0 radical (unpaired) electrons. The molecule has 0 aliphatic carbocycles. The Labute approximate surface area is 114 Å². The molecule has 6 nitrogen and oxygen atoms in total. The summed E-state index contributed by atoms with van der Waals surface area (Å²) in [4.78, 5) is 10.8. The number of urea groups is 1. The van der Waals surface area contributed by atoms with Gasteiger partial charge in [-0.2, -0.15) is 8.78 Å². The lowest BCUT2D eigenvalue weighted by atomic mass is 10.3. The summed E-state index contributed by atoms with van der Waals surface area (Å²) in [5.74, 6) is -3.52. The Kier molecular flexibility index (Phi) is 5.83. The van der Waals surface area contributed by atoms with Gasteiger partial charge in [0.25, 0.3) is 0 Å². The molecule has 0 aromatic heterocycles. The third kappa shape index (κ3) is 4.42. The summed E-state index contributed by atoms with van der Waals surface area (Å²) in [6.45, 7) is 0.153. The molecule has 0 saturated carbocycles. The Bertz CT molecular complexity index is 563. The Hall–Kier alpha value is -1.74. The summed E-state index contributed by atoms with van der Waals surface area (Å²) in [7, 11) is -4.69. The molecule has 9 heteroatoms. The maximum absolute atomic E-state index is 12.4. The lowest BCUT2D eigenvalue weighted by Gasteiger charge is -2.09. The van der Waals surface area contributed by atoms with Crippen molar-refractivity contribution in [2.24, 2.45) is 0 Å². The van der Waals surface area contributed by atoms with E-state index in [0.717, 1.165) is 12.1 Å². The number of aliphatic hydroxyl groups excluding tert-OH is 1. The van der Waals surface area contributed by atoms with Crippen molar-refractivity contribution < 1.29 is 27.1 Å². The first-order chi connectivity index (χ1) is 9.37. The molecule has 0 aliphatic rings. The van der Waals surface area contributed by atoms with Gasteiger partial charge in [-0.25, -0.2) is 13.2 Å². The topological polar surface area (TPSA) is 95.5 Å². The maximum Gasteiger partial charge on any atom is 0.341 e. The van der Waals surface area contributed by atoms with Gasteiger partial charge in [0.1, 0.15) is 0 Å². The second-order valence-corrected chi connectivity index (χ2v) is 5.71. The van der Waals surface area contributed by atoms with Crippen LogP contribution in [-0.4, -0.2) is 38.5 Å². The highest BCUT2D eigenvalue weighted by molar-refractivity contribution is 7.91. The molecule has 0 aliphatic heterocycles. The number of rotatable bonds is 6. The van der Waals surface area contributed by atoms with Crippen molar-refractivity contribution in [2.75, 3.05) is 18.5 Å².